The minimum Gasteiger partial charge on any atom is -0.393 e. The molecule has 0 saturated carbocycles. The van der Waals surface area contributed by atoms with E-state index < -0.39 is 0 Å². The van der Waals surface area contributed by atoms with Gasteiger partial charge in [0.15, 0.2) is 5.96 Å². The molecule has 170 valence electrons. The van der Waals surface area contributed by atoms with Crippen LogP contribution in [-0.4, -0.2) is 54.8 Å². The van der Waals surface area contributed by atoms with Gasteiger partial charge < -0.3 is 26.0 Å². The number of hydrogen-bond acceptors (Lipinski definition) is 4. The van der Waals surface area contributed by atoms with Crippen molar-refractivity contribution in [1.29, 1.82) is 0 Å². The lowest BCUT2D eigenvalue weighted by Gasteiger charge is -2.31. The SMILES string of the molecule is CCNC(=NCc1ccc(N2CCC(O)CC2)c(F)c1)NCC(=O)NC(C)(C)C.I. The van der Waals surface area contributed by atoms with Crippen LogP contribution in [0.4, 0.5) is 10.1 Å². The lowest BCUT2D eigenvalue weighted by atomic mass is 10.1. The van der Waals surface area contributed by atoms with Crippen molar-refractivity contribution in [2.24, 2.45) is 4.99 Å². The van der Waals surface area contributed by atoms with E-state index in [2.05, 4.69) is 20.9 Å². The van der Waals surface area contributed by atoms with Gasteiger partial charge in [0, 0.05) is 25.2 Å². The van der Waals surface area contributed by atoms with Gasteiger partial charge in [-0.3, -0.25) is 4.79 Å². The van der Waals surface area contributed by atoms with Crippen molar-refractivity contribution >= 4 is 41.5 Å². The van der Waals surface area contributed by atoms with Crippen LogP contribution < -0.4 is 20.9 Å². The van der Waals surface area contributed by atoms with Crippen molar-refractivity contribution in [3.05, 3.63) is 29.6 Å². The van der Waals surface area contributed by atoms with E-state index >= 15 is 0 Å². The highest BCUT2D eigenvalue weighted by molar-refractivity contribution is 14.0. The number of carbonyl (C=O) groups excluding carboxylic acids is 1. The molecule has 0 atom stereocenters. The molecule has 0 radical (unpaired) electrons. The molecule has 0 bridgehead atoms. The van der Waals surface area contributed by atoms with E-state index in [1.165, 1.54) is 6.07 Å². The fraction of sp³-hybridized carbons (Fsp3) is 0.619. The first-order valence-electron chi connectivity index (χ1n) is 10.2. The summed E-state index contributed by atoms with van der Waals surface area (Å²) in [6.07, 6.45) is 1.03. The largest absolute Gasteiger partial charge is 0.393 e. The average molecular weight is 535 g/mol. The maximum Gasteiger partial charge on any atom is 0.239 e. The van der Waals surface area contributed by atoms with Gasteiger partial charge in [-0.15, -0.1) is 24.0 Å². The fourth-order valence-corrected chi connectivity index (χ4v) is 3.15. The minimum absolute atomic E-state index is 0. The van der Waals surface area contributed by atoms with Crippen molar-refractivity contribution in [1.82, 2.24) is 16.0 Å². The molecule has 7 nitrogen and oxygen atoms in total. The second-order valence-electron chi connectivity index (χ2n) is 8.35. The molecule has 0 aromatic heterocycles. The molecule has 4 N–H and O–H groups in total. The van der Waals surface area contributed by atoms with Crippen LogP contribution in [0.15, 0.2) is 23.2 Å². The summed E-state index contributed by atoms with van der Waals surface area (Å²) < 4.78 is 14.6. The van der Waals surface area contributed by atoms with Crippen LogP contribution in [0.3, 0.4) is 0 Å². The molecule has 1 aromatic rings. The summed E-state index contributed by atoms with van der Waals surface area (Å²) in [5.74, 6) is 0.104. The first kappa shape index (κ1) is 26.4. The van der Waals surface area contributed by atoms with E-state index in [-0.39, 0.29) is 53.9 Å². The first-order valence-corrected chi connectivity index (χ1v) is 10.2. The van der Waals surface area contributed by atoms with Crippen LogP contribution in [0, 0.1) is 5.82 Å². The van der Waals surface area contributed by atoms with Gasteiger partial charge in [-0.2, -0.15) is 0 Å². The number of rotatable bonds is 6. The van der Waals surface area contributed by atoms with Crippen LogP contribution in [-0.2, 0) is 11.3 Å². The van der Waals surface area contributed by atoms with Crippen LogP contribution >= 0.6 is 24.0 Å². The first-order chi connectivity index (χ1) is 13.7. The zero-order chi connectivity index (χ0) is 21.4. The molecule has 1 fully saturated rings. The van der Waals surface area contributed by atoms with Crippen molar-refractivity contribution in [3.63, 3.8) is 0 Å². The van der Waals surface area contributed by atoms with E-state index in [0.29, 0.717) is 50.7 Å². The molecule has 30 heavy (non-hydrogen) atoms. The van der Waals surface area contributed by atoms with Crippen molar-refractivity contribution in [2.45, 2.75) is 58.7 Å². The van der Waals surface area contributed by atoms with E-state index in [1.807, 2.05) is 38.7 Å². The number of carbonyl (C=O) groups is 1. The Morgan fingerprint density at radius 2 is 1.93 bits per heavy atom. The Hall–Kier alpha value is -1.62. The Labute approximate surface area is 195 Å². The van der Waals surface area contributed by atoms with Crippen LogP contribution in [0.2, 0.25) is 0 Å². The molecule has 0 unspecified atom stereocenters. The normalized spacial score (nSPS) is 15.4. The predicted octanol–water partition coefficient (Wildman–Crippen LogP) is 2.37. The number of amides is 1. The van der Waals surface area contributed by atoms with E-state index in [0.717, 1.165) is 5.56 Å². The number of aliphatic hydroxyl groups excluding tert-OH is 1. The zero-order valence-electron chi connectivity index (χ0n) is 18.3. The second kappa shape index (κ2) is 12.3. The van der Waals surface area contributed by atoms with Crippen LogP contribution in [0.25, 0.3) is 0 Å². The molecule has 0 spiro atoms. The third-order valence-corrected chi connectivity index (χ3v) is 4.51. The summed E-state index contributed by atoms with van der Waals surface area (Å²) in [4.78, 5) is 18.4. The molecule has 9 heteroatoms. The Balaban J connectivity index is 0.00000450. The number of anilines is 1. The highest BCUT2D eigenvalue weighted by Crippen LogP contribution is 2.24. The highest BCUT2D eigenvalue weighted by atomic mass is 127. The Morgan fingerprint density at radius 3 is 2.50 bits per heavy atom. The number of benzene rings is 1. The van der Waals surface area contributed by atoms with Crippen molar-refractivity contribution in [2.75, 3.05) is 31.1 Å². The predicted molar refractivity (Wildman–Crippen MR) is 130 cm³/mol. The van der Waals surface area contributed by atoms with Gasteiger partial charge in [0.25, 0.3) is 0 Å². The van der Waals surface area contributed by atoms with Gasteiger partial charge in [0.2, 0.25) is 5.91 Å². The number of halogens is 2. The van der Waals surface area contributed by atoms with E-state index in [4.69, 9.17) is 0 Å². The number of piperidine rings is 1. The standard InChI is InChI=1S/C21H34FN5O2.HI/c1-5-23-20(25-14-19(29)26-21(2,3)4)24-13-15-6-7-18(17(22)12-15)27-10-8-16(28)9-11-27;/h6-7,12,16,28H,5,8-11,13-14H2,1-4H3,(H,26,29)(H2,23,24,25);1H. The molecule has 1 aliphatic rings. The number of guanidine groups is 1. The number of hydrogen-bond donors (Lipinski definition) is 4. The fourth-order valence-electron chi connectivity index (χ4n) is 3.15. The van der Waals surface area contributed by atoms with E-state index in [9.17, 15) is 14.3 Å². The van der Waals surface area contributed by atoms with Crippen LogP contribution in [0.1, 0.15) is 46.1 Å². The Bertz CT molecular complexity index is 716. The molecule has 1 aliphatic heterocycles. The lowest BCUT2D eigenvalue weighted by Crippen LogP contribution is -2.48. The lowest BCUT2D eigenvalue weighted by molar-refractivity contribution is -0.121. The van der Waals surface area contributed by atoms with Gasteiger partial charge in [0.1, 0.15) is 5.82 Å². The topological polar surface area (TPSA) is 89.0 Å². The summed E-state index contributed by atoms with van der Waals surface area (Å²) in [6.45, 7) is 10.1. The maximum atomic E-state index is 14.6. The maximum absolute atomic E-state index is 14.6. The quantitative estimate of drug-likeness (QED) is 0.255. The molecule has 2 rings (SSSR count). The summed E-state index contributed by atoms with van der Waals surface area (Å²) in [6, 6.07) is 5.14. The average Bonchev–Trinajstić information content (AvgIpc) is 2.63. The van der Waals surface area contributed by atoms with Crippen LogP contribution in [0.5, 0.6) is 0 Å². The molecular formula is C21H35FIN5O2. The molecule has 1 amide bonds. The number of nitrogens with one attached hydrogen (secondary N) is 3. The third-order valence-electron chi connectivity index (χ3n) is 4.51. The Kier molecular flexibility index (Phi) is 10.8. The van der Waals surface area contributed by atoms with Crippen molar-refractivity contribution in [3.8, 4) is 0 Å². The van der Waals surface area contributed by atoms with Gasteiger partial charge in [-0.25, -0.2) is 9.38 Å². The van der Waals surface area contributed by atoms with Gasteiger partial charge in [0.05, 0.1) is 24.9 Å². The van der Waals surface area contributed by atoms with E-state index in [1.54, 1.807) is 6.07 Å². The smallest absolute Gasteiger partial charge is 0.239 e. The van der Waals surface area contributed by atoms with Gasteiger partial charge in [-0.1, -0.05) is 6.07 Å². The monoisotopic (exact) mass is 535 g/mol. The third kappa shape index (κ3) is 9.03. The zero-order valence-corrected chi connectivity index (χ0v) is 20.6. The summed E-state index contributed by atoms with van der Waals surface area (Å²) >= 11 is 0. The molecule has 0 aliphatic carbocycles. The molecule has 1 aromatic carbocycles. The van der Waals surface area contributed by atoms with Gasteiger partial charge >= 0.3 is 0 Å². The highest BCUT2D eigenvalue weighted by Gasteiger charge is 2.19. The van der Waals surface area contributed by atoms with Gasteiger partial charge in [-0.05, 0) is 58.2 Å². The molecular weight excluding hydrogens is 500 g/mol. The summed E-state index contributed by atoms with van der Waals surface area (Å²) in [5, 5.41) is 18.6. The number of aliphatic imine (C=N–C) groups is 1. The second-order valence-corrected chi connectivity index (χ2v) is 8.35. The molecule has 1 heterocycles. The summed E-state index contributed by atoms with van der Waals surface area (Å²) in [5.41, 5.74) is 1.02. The molecule has 1 saturated heterocycles. The minimum atomic E-state index is -0.292. The number of aliphatic hydroxyl groups is 1. The Morgan fingerprint density at radius 1 is 1.27 bits per heavy atom. The van der Waals surface area contributed by atoms with Crippen molar-refractivity contribution < 1.29 is 14.3 Å². The summed E-state index contributed by atoms with van der Waals surface area (Å²) in [7, 11) is 0. The number of nitrogens with zero attached hydrogens (tertiary/aromatic N) is 2.